The molecule has 0 spiro atoms. The number of aryl methyl sites for hydroxylation is 2. The van der Waals surface area contributed by atoms with Gasteiger partial charge in [-0.25, -0.2) is 22.4 Å². The van der Waals surface area contributed by atoms with Gasteiger partial charge in [0, 0.05) is 12.2 Å². The maximum Gasteiger partial charge on any atom is 0.269 e. The van der Waals surface area contributed by atoms with Gasteiger partial charge >= 0.3 is 0 Å². The molecular weight excluding hydrogens is 482 g/mol. The number of benzene rings is 2. The van der Waals surface area contributed by atoms with Gasteiger partial charge in [-0.3, -0.25) is 0 Å². The molecule has 3 aromatic heterocycles. The smallest absolute Gasteiger partial charge is 0.269 e. The van der Waals surface area contributed by atoms with E-state index in [0.29, 0.717) is 11.1 Å². The number of imidazole rings is 1. The predicted molar refractivity (Wildman–Crippen MR) is 137 cm³/mol. The molecule has 5 aromatic rings. The number of aromatic nitrogens is 5. The van der Waals surface area contributed by atoms with E-state index < -0.39 is 10.0 Å². The minimum Gasteiger partial charge on any atom is -0.325 e. The first kappa shape index (κ1) is 23.1. The summed E-state index contributed by atoms with van der Waals surface area (Å²) in [5, 5.41) is 0.417. The van der Waals surface area contributed by atoms with Crippen LogP contribution in [-0.4, -0.2) is 31.9 Å². The van der Waals surface area contributed by atoms with Crippen LogP contribution in [0.1, 0.15) is 42.5 Å². The van der Waals surface area contributed by atoms with Crippen LogP contribution in [0.3, 0.4) is 0 Å². The molecule has 3 heterocycles. The molecule has 0 N–H and O–H groups in total. The molecule has 35 heavy (non-hydrogen) atoms. The zero-order valence-electron chi connectivity index (χ0n) is 19.6. The number of hydrogen-bond donors (Lipinski definition) is 0. The Hall–Kier alpha value is -3.67. The molecule has 0 atom stereocenters. The van der Waals surface area contributed by atoms with Gasteiger partial charge in [0.2, 0.25) is 5.28 Å². The second-order valence-corrected chi connectivity index (χ2v) is 10.7. The van der Waals surface area contributed by atoms with Crippen molar-refractivity contribution in [1.29, 1.82) is 0 Å². The Balaban J connectivity index is 1.66. The Morgan fingerprint density at radius 2 is 1.69 bits per heavy atom. The van der Waals surface area contributed by atoms with Crippen LogP contribution in [0.2, 0.25) is 5.28 Å². The fourth-order valence-corrected chi connectivity index (χ4v) is 5.66. The Morgan fingerprint density at radius 3 is 2.40 bits per heavy atom. The fraction of sp³-hybridized carbons (Fsp3) is 0.192. The van der Waals surface area contributed by atoms with Gasteiger partial charge in [0.25, 0.3) is 10.0 Å². The molecule has 5 rings (SSSR count). The van der Waals surface area contributed by atoms with Gasteiger partial charge in [-0.15, -0.1) is 0 Å². The van der Waals surface area contributed by atoms with Gasteiger partial charge in [-0.2, -0.15) is 4.98 Å². The third-order valence-electron chi connectivity index (χ3n) is 5.78. The molecule has 0 amide bonds. The van der Waals surface area contributed by atoms with Crippen molar-refractivity contribution < 1.29 is 8.42 Å². The van der Waals surface area contributed by atoms with Gasteiger partial charge < -0.3 is 4.57 Å². The quantitative estimate of drug-likeness (QED) is 0.247. The summed E-state index contributed by atoms with van der Waals surface area (Å²) in [6.45, 7) is 8.07. The predicted octanol–water partition coefficient (Wildman–Crippen LogP) is 5.27. The van der Waals surface area contributed by atoms with Crippen molar-refractivity contribution in [2.45, 2.75) is 38.6 Å². The molecule has 0 bridgehead atoms. The second kappa shape index (κ2) is 8.52. The summed E-state index contributed by atoms with van der Waals surface area (Å²) in [6.07, 6.45) is 1.45. The van der Waals surface area contributed by atoms with Crippen molar-refractivity contribution in [3.63, 3.8) is 0 Å². The molecule has 0 saturated carbocycles. The minimum absolute atomic E-state index is 0.0814. The van der Waals surface area contributed by atoms with Crippen molar-refractivity contribution in [1.82, 2.24) is 23.5 Å². The summed E-state index contributed by atoms with van der Waals surface area (Å²) < 4.78 is 29.8. The number of halogens is 1. The van der Waals surface area contributed by atoms with E-state index in [-0.39, 0.29) is 21.9 Å². The topological polar surface area (TPSA) is 82.7 Å². The van der Waals surface area contributed by atoms with Crippen molar-refractivity contribution in [3.05, 3.63) is 82.7 Å². The largest absolute Gasteiger partial charge is 0.325 e. The summed E-state index contributed by atoms with van der Waals surface area (Å²) in [5.74, 6) is 7.20. The molecule has 0 aliphatic heterocycles. The number of rotatable bonds is 3. The third kappa shape index (κ3) is 3.97. The molecular formula is C26H22ClN5O2S. The number of fused-ring (bicyclic) bond motifs is 2. The summed E-state index contributed by atoms with van der Waals surface area (Å²) in [7, 11) is -3.87. The average molecular weight is 504 g/mol. The molecule has 2 aromatic carbocycles. The van der Waals surface area contributed by atoms with E-state index in [0.717, 1.165) is 32.0 Å². The molecule has 0 fully saturated rings. The van der Waals surface area contributed by atoms with Crippen molar-refractivity contribution in [2.24, 2.45) is 0 Å². The highest BCUT2D eigenvalue weighted by molar-refractivity contribution is 7.90. The van der Waals surface area contributed by atoms with E-state index in [4.69, 9.17) is 11.6 Å². The lowest BCUT2D eigenvalue weighted by molar-refractivity contribution is 0.588. The highest BCUT2D eigenvalue weighted by Gasteiger charge is 2.21. The Bertz CT molecular complexity index is 1770. The minimum atomic E-state index is -3.87. The second-order valence-electron chi connectivity index (χ2n) is 8.55. The first-order valence-electron chi connectivity index (χ1n) is 11.0. The molecule has 0 aliphatic rings. The Kier molecular flexibility index (Phi) is 5.62. The van der Waals surface area contributed by atoms with Crippen LogP contribution < -0.4 is 0 Å². The van der Waals surface area contributed by atoms with Gasteiger partial charge in [-0.05, 0) is 75.5 Å². The maximum absolute atomic E-state index is 13.3. The zero-order chi connectivity index (χ0) is 24.9. The van der Waals surface area contributed by atoms with E-state index in [1.165, 1.54) is 6.20 Å². The van der Waals surface area contributed by atoms with Crippen LogP contribution >= 0.6 is 11.6 Å². The SMILES string of the molecule is Cc1ccc(S(=O)(=O)n2ccc3c(C#Cc4cccc5nc(C)n(C(C)C)c45)nc(Cl)nc32)cc1. The van der Waals surface area contributed by atoms with E-state index in [1.54, 1.807) is 30.3 Å². The molecule has 176 valence electrons. The van der Waals surface area contributed by atoms with Gasteiger partial charge in [0.15, 0.2) is 5.65 Å². The number of para-hydroxylation sites is 1. The Labute approximate surface area is 208 Å². The average Bonchev–Trinajstić information content (AvgIpc) is 3.38. The van der Waals surface area contributed by atoms with Crippen LogP contribution in [0, 0.1) is 25.7 Å². The lowest BCUT2D eigenvalue weighted by Gasteiger charge is -2.11. The highest BCUT2D eigenvalue weighted by atomic mass is 35.5. The summed E-state index contributed by atoms with van der Waals surface area (Å²) in [5.41, 5.74) is 4.10. The monoisotopic (exact) mass is 503 g/mol. The van der Waals surface area contributed by atoms with Gasteiger partial charge in [0.1, 0.15) is 11.5 Å². The van der Waals surface area contributed by atoms with Crippen molar-refractivity contribution in [2.75, 3.05) is 0 Å². The Morgan fingerprint density at radius 1 is 0.943 bits per heavy atom. The first-order valence-corrected chi connectivity index (χ1v) is 12.8. The first-order chi connectivity index (χ1) is 16.7. The van der Waals surface area contributed by atoms with Gasteiger partial charge in [-0.1, -0.05) is 29.7 Å². The van der Waals surface area contributed by atoms with Crippen LogP contribution in [-0.2, 0) is 10.0 Å². The van der Waals surface area contributed by atoms with Crippen molar-refractivity contribution in [3.8, 4) is 11.8 Å². The highest BCUT2D eigenvalue weighted by Crippen LogP contribution is 2.26. The van der Waals surface area contributed by atoms with Crippen LogP contribution in [0.25, 0.3) is 22.1 Å². The molecule has 9 heteroatoms. The lowest BCUT2D eigenvalue weighted by Crippen LogP contribution is -2.12. The number of hydrogen-bond acceptors (Lipinski definition) is 5. The van der Waals surface area contributed by atoms with E-state index in [2.05, 4.69) is 45.2 Å². The lowest BCUT2D eigenvalue weighted by atomic mass is 10.1. The van der Waals surface area contributed by atoms with Crippen LogP contribution in [0.4, 0.5) is 0 Å². The standard InChI is InChI=1S/C26H22ClN5O2S/c1-16(2)32-18(4)28-23-7-5-6-19(24(23)32)10-13-22-21-14-15-31(25(21)30-26(27)29-22)35(33,34)20-11-8-17(3)9-12-20/h5-9,11-12,14-16H,1-4H3. The van der Waals surface area contributed by atoms with E-state index in [9.17, 15) is 8.42 Å². The zero-order valence-corrected chi connectivity index (χ0v) is 21.2. The number of nitrogens with zero attached hydrogens (tertiary/aromatic N) is 5. The summed E-state index contributed by atoms with van der Waals surface area (Å²) in [6, 6.07) is 14.3. The molecule has 0 saturated heterocycles. The molecule has 0 radical (unpaired) electrons. The van der Waals surface area contributed by atoms with Crippen LogP contribution in [0.15, 0.2) is 59.6 Å². The molecule has 7 nitrogen and oxygen atoms in total. The maximum atomic E-state index is 13.3. The van der Waals surface area contributed by atoms with E-state index in [1.807, 2.05) is 32.0 Å². The summed E-state index contributed by atoms with van der Waals surface area (Å²) >= 11 is 6.20. The van der Waals surface area contributed by atoms with Gasteiger partial charge in [0.05, 0.1) is 26.9 Å². The molecule has 0 unspecified atom stereocenters. The normalized spacial score (nSPS) is 11.8. The fourth-order valence-electron chi connectivity index (χ4n) is 4.20. The summed E-state index contributed by atoms with van der Waals surface area (Å²) in [4.78, 5) is 13.3. The molecule has 0 aliphatic carbocycles. The third-order valence-corrected chi connectivity index (χ3v) is 7.63. The van der Waals surface area contributed by atoms with E-state index >= 15 is 0 Å². The van der Waals surface area contributed by atoms with Crippen LogP contribution in [0.5, 0.6) is 0 Å². The van der Waals surface area contributed by atoms with Crippen molar-refractivity contribution >= 4 is 43.7 Å².